The predicted molar refractivity (Wildman–Crippen MR) is 124 cm³/mol. The maximum absolute atomic E-state index is 13.5. The zero-order valence-electron chi connectivity index (χ0n) is 17.1. The van der Waals surface area contributed by atoms with E-state index in [1.165, 1.54) is 12.1 Å². The van der Waals surface area contributed by atoms with Crippen molar-refractivity contribution in [2.24, 2.45) is 0 Å². The standard InChI is InChI=1S/C27H21FO3S/c28-21-10-6-20(7-11-21)27-26(19-8-12-22(29)13-9-19)31-24-16-23(14-15-25(24)32-27)30-17-18-4-2-1-3-5-18/h1-16,26-27,29H,17H2/t26-,27+/m1/s1. The van der Waals surface area contributed by atoms with Gasteiger partial charge in [0.2, 0.25) is 0 Å². The molecule has 0 saturated heterocycles. The van der Waals surface area contributed by atoms with Crippen LogP contribution in [0.3, 0.4) is 0 Å². The van der Waals surface area contributed by atoms with Crippen molar-refractivity contribution in [3.63, 3.8) is 0 Å². The molecule has 3 nitrogen and oxygen atoms in total. The Labute approximate surface area is 190 Å². The second kappa shape index (κ2) is 8.97. The lowest BCUT2D eigenvalue weighted by Crippen LogP contribution is -2.19. The van der Waals surface area contributed by atoms with Gasteiger partial charge in [-0.25, -0.2) is 4.39 Å². The highest BCUT2D eigenvalue weighted by molar-refractivity contribution is 7.99. The quantitative estimate of drug-likeness (QED) is 0.357. The molecule has 0 amide bonds. The number of rotatable bonds is 5. The summed E-state index contributed by atoms with van der Waals surface area (Å²) in [6, 6.07) is 29.4. The smallest absolute Gasteiger partial charge is 0.140 e. The minimum atomic E-state index is -0.303. The first kappa shape index (κ1) is 20.5. The van der Waals surface area contributed by atoms with E-state index in [-0.39, 0.29) is 22.9 Å². The average molecular weight is 445 g/mol. The van der Waals surface area contributed by atoms with Crippen molar-refractivity contribution in [1.29, 1.82) is 0 Å². The molecule has 0 unspecified atom stereocenters. The van der Waals surface area contributed by atoms with E-state index < -0.39 is 0 Å². The molecule has 0 saturated carbocycles. The summed E-state index contributed by atoms with van der Waals surface area (Å²) >= 11 is 1.68. The molecular weight excluding hydrogens is 423 g/mol. The molecular formula is C27H21FO3S. The molecule has 4 aromatic rings. The van der Waals surface area contributed by atoms with E-state index >= 15 is 0 Å². The number of hydrogen-bond donors (Lipinski definition) is 1. The minimum absolute atomic E-state index is 0.0660. The molecule has 32 heavy (non-hydrogen) atoms. The van der Waals surface area contributed by atoms with Crippen LogP contribution in [0.15, 0.2) is 102 Å². The first-order chi connectivity index (χ1) is 15.7. The first-order valence-electron chi connectivity index (χ1n) is 10.3. The van der Waals surface area contributed by atoms with Crippen LogP contribution in [0.2, 0.25) is 0 Å². The number of aromatic hydroxyl groups is 1. The third kappa shape index (κ3) is 4.43. The first-order valence-corrected chi connectivity index (χ1v) is 11.2. The Bertz CT molecular complexity index is 1190. The van der Waals surface area contributed by atoms with Gasteiger partial charge in [-0.15, -0.1) is 11.8 Å². The normalized spacial score (nSPS) is 17.3. The zero-order chi connectivity index (χ0) is 21.9. The zero-order valence-corrected chi connectivity index (χ0v) is 18.0. The topological polar surface area (TPSA) is 38.7 Å². The molecule has 0 aliphatic carbocycles. The summed E-state index contributed by atoms with van der Waals surface area (Å²) < 4.78 is 26.0. The van der Waals surface area contributed by atoms with Crippen LogP contribution in [0, 0.1) is 5.82 Å². The molecule has 160 valence electrons. The van der Waals surface area contributed by atoms with Crippen molar-refractivity contribution in [3.8, 4) is 17.2 Å². The van der Waals surface area contributed by atoms with E-state index in [1.807, 2.05) is 60.7 Å². The van der Waals surface area contributed by atoms with Gasteiger partial charge in [0.15, 0.2) is 0 Å². The lowest BCUT2D eigenvalue weighted by Gasteiger charge is -2.34. The lowest BCUT2D eigenvalue weighted by atomic mass is 10.00. The van der Waals surface area contributed by atoms with Crippen LogP contribution in [0.1, 0.15) is 28.0 Å². The maximum Gasteiger partial charge on any atom is 0.140 e. The number of benzene rings is 4. The molecule has 0 bridgehead atoms. The second-order valence-corrected chi connectivity index (χ2v) is 8.79. The lowest BCUT2D eigenvalue weighted by molar-refractivity contribution is 0.189. The Hall–Kier alpha value is -3.44. The Morgan fingerprint density at radius 3 is 2.31 bits per heavy atom. The van der Waals surface area contributed by atoms with Crippen LogP contribution in [0.5, 0.6) is 17.2 Å². The number of thioether (sulfide) groups is 1. The van der Waals surface area contributed by atoms with E-state index in [2.05, 4.69) is 0 Å². The Morgan fingerprint density at radius 1 is 0.844 bits per heavy atom. The number of halogens is 1. The molecule has 1 N–H and O–H groups in total. The summed E-state index contributed by atoms with van der Waals surface area (Å²) in [7, 11) is 0. The van der Waals surface area contributed by atoms with E-state index in [1.54, 1.807) is 36.0 Å². The van der Waals surface area contributed by atoms with Gasteiger partial charge in [-0.3, -0.25) is 0 Å². The van der Waals surface area contributed by atoms with Gasteiger partial charge < -0.3 is 14.6 Å². The molecule has 0 radical (unpaired) electrons. The predicted octanol–water partition coefficient (Wildman–Crippen LogP) is 7.08. The number of hydrogen-bond acceptors (Lipinski definition) is 4. The second-order valence-electron chi connectivity index (χ2n) is 7.60. The molecule has 5 heteroatoms. The van der Waals surface area contributed by atoms with Crippen LogP contribution >= 0.6 is 11.8 Å². The van der Waals surface area contributed by atoms with Gasteiger partial charge in [-0.2, -0.15) is 0 Å². The van der Waals surface area contributed by atoms with Gasteiger partial charge >= 0.3 is 0 Å². The van der Waals surface area contributed by atoms with Crippen molar-refractivity contribution in [2.75, 3.05) is 0 Å². The summed E-state index contributed by atoms with van der Waals surface area (Å²) in [6.07, 6.45) is -0.303. The molecule has 1 aliphatic heterocycles. The summed E-state index contributed by atoms with van der Waals surface area (Å²) in [5.74, 6) is 1.42. The van der Waals surface area contributed by atoms with E-state index in [0.29, 0.717) is 6.61 Å². The Balaban J connectivity index is 1.44. The molecule has 1 aliphatic rings. The van der Waals surface area contributed by atoms with Gasteiger partial charge in [0.25, 0.3) is 0 Å². The monoisotopic (exact) mass is 444 g/mol. The molecule has 0 fully saturated rings. The van der Waals surface area contributed by atoms with Crippen LogP contribution in [-0.2, 0) is 6.61 Å². The third-order valence-corrected chi connectivity index (χ3v) is 6.73. The average Bonchev–Trinajstić information content (AvgIpc) is 2.83. The Morgan fingerprint density at radius 2 is 1.56 bits per heavy atom. The third-order valence-electron chi connectivity index (χ3n) is 5.37. The number of phenols is 1. The molecule has 2 atom stereocenters. The van der Waals surface area contributed by atoms with Crippen molar-refractivity contribution in [3.05, 3.63) is 120 Å². The van der Waals surface area contributed by atoms with Crippen LogP contribution in [0.25, 0.3) is 0 Å². The van der Waals surface area contributed by atoms with Crippen LogP contribution < -0.4 is 9.47 Å². The molecule has 4 aromatic carbocycles. The highest BCUT2D eigenvalue weighted by Crippen LogP contribution is 2.53. The van der Waals surface area contributed by atoms with Crippen LogP contribution in [0.4, 0.5) is 4.39 Å². The number of phenolic OH excluding ortho intramolecular Hbond substituents is 1. The maximum atomic E-state index is 13.5. The summed E-state index contributed by atoms with van der Waals surface area (Å²) in [6.45, 7) is 0.479. The van der Waals surface area contributed by atoms with Gasteiger partial charge in [0, 0.05) is 6.07 Å². The highest BCUT2D eigenvalue weighted by Gasteiger charge is 2.33. The van der Waals surface area contributed by atoms with E-state index in [0.717, 1.165) is 33.1 Å². The summed E-state index contributed by atoms with van der Waals surface area (Å²) in [5, 5.41) is 9.65. The van der Waals surface area contributed by atoms with Crippen molar-refractivity contribution >= 4 is 11.8 Å². The van der Waals surface area contributed by atoms with Gasteiger partial charge in [0.05, 0.1) is 10.1 Å². The van der Waals surface area contributed by atoms with Gasteiger partial charge in [-0.05, 0) is 53.1 Å². The fourth-order valence-electron chi connectivity index (χ4n) is 3.71. The van der Waals surface area contributed by atoms with Gasteiger partial charge in [0.1, 0.15) is 35.8 Å². The summed E-state index contributed by atoms with van der Waals surface area (Å²) in [5.41, 5.74) is 3.01. The minimum Gasteiger partial charge on any atom is -0.508 e. The van der Waals surface area contributed by atoms with E-state index in [4.69, 9.17) is 9.47 Å². The van der Waals surface area contributed by atoms with Crippen molar-refractivity contribution in [1.82, 2.24) is 0 Å². The SMILES string of the molecule is Oc1ccc([C@H]2Oc3cc(OCc4ccccc4)ccc3S[C@H]2c2ccc(F)cc2)cc1. The molecule has 0 spiro atoms. The fraction of sp³-hybridized carbons (Fsp3) is 0.111. The van der Waals surface area contributed by atoms with Gasteiger partial charge in [-0.1, -0.05) is 54.6 Å². The van der Waals surface area contributed by atoms with Crippen molar-refractivity contribution < 1.29 is 19.0 Å². The molecule has 1 heterocycles. The largest absolute Gasteiger partial charge is 0.508 e. The molecule has 5 rings (SSSR count). The van der Waals surface area contributed by atoms with Crippen LogP contribution in [-0.4, -0.2) is 5.11 Å². The fourth-order valence-corrected chi connectivity index (χ4v) is 4.98. The highest BCUT2D eigenvalue weighted by atomic mass is 32.2. The number of ether oxygens (including phenoxy) is 2. The Kier molecular flexibility index (Phi) is 5.73. The number of fused-ring (bicyclic) bond motifs is 1. The van der Waals surface area contributed by atoms with Crippen molar-refractivity contribution in [2.45, 2.75) is 22.9 Å². The van der Waals surface area contributed by atoms with E-state index in [9.17, 15) is 9.50 Å². The summed E-state index contributed by atoms with van der Waals surface area (Å²) in [4.78, 5) is 1.00. The molecule has 0 aromatic heterocycles.